The lowest BCUT2D eigenvalue weighted by molar-refractivity contribution is 0.407. The Bertz CT molecular complexity index is 3130. The van der Waals surface area contributed by atoms with Crippen molar-refractivity contribution in [2.45, 2.75) is 0 Å². The minimum atomic E-state index is -2.31. The van der Waals surface area contributed by atoms with Crippen molar-refractivity contribution in [2.75, 3.05) is 0 Å². The molecule has 0 aliphatic carbocycles. The molecule has 64 heavy (non-hydrogen) atoms. The topological polar surface area (TPSA) is 63.2 Å². The van der Waals surface area contributed by atoms with Crippen molar-refractivity contribution in [1.29, 1.82) is 0 Å². The molecule has 5 heterocycles. The van der Waals surface area contributed by atoms with Crippen LogP contribution in [0.5, 0.6) is 0 Å². The first kappa shape index (κ1) is 41.7. The van der Waals surface area contributed by atoms with Crippen LogP contribution in [0.25, 0.3) is 22.3 Å². The smallest absolute Gasteiger partial charge is 0.198 e. The Labute approximate surface area is 344 Å². The summed E-state index contributed by atoms with van der Waals surface area (Å²) >= 11 is 0. The molecule has 8 aromatic rings. The maximum absolute atomic E-state index is 15.8. The number of aromatic nitrogens is 4. The van der Waals surface area contributed by atoms with E-state index in [9.17, 15) is 52.7 Å². The van der Waals surface area contributed by atoms with E-state index in [1.165, 1.54) is 0 Å². The molecule has 0 radical (unpaired) electrons. The van der Waals surface area contributed by atoms with Crippen LogP contribution >= 0.6 is 0 Å². The van der Waals surface area contributed by atoms with E-state index in [1.54, 1.807) is 0 Å². The van der Waals surface area contributed by atoms with Gasteiger partial charge in [-0.2, -0.15) is 0 Å². The molecule has 0 saturated carbocycles. The zero-order chi connectivity index (χ0) is 45.8. The van der Waals surface area contributed by atoms with Gasteiger partial charge >= 0.3 is 0 Å². The molecule has 0 spiro atoms. The molecule has 0 unspecified atom stereocenters. The van der Waals surface area contributed by atoms with Gasteiger partial charge in [-0.3, -0.25) is 0 Å². The second-order valence-electron chi connectivity index (χ2n) is 14.0. The van der Waals surface area contributed by atoms with Crippen LogP contribution < -0.4 is 21.4 Å². The van der Waals surface area contributed by atoms with Crippen LogP contribution in [0.4, 0.5) is 70.2 Å². The number of benzene rings is 4. The van der Waals surface area contributed by atoms with Crippen molar-refractivity contribution >= 4 is 22.3 Å². The lowest BCUT2D eigenvalue weighted by Gasteiger charge is -2.12. The summed E-state index contributed by atoms with van der Waals surface area (Å²) in [5, 5.41) is -1.69. The molecular formula is C44H16F16N4. The first-order chi connectivity index (χ1) is 30.4. The molecule has 1 aliphatic heterocycles. The average Bonchev–Trinajstić information content (AvgIpc) is 4.13. The zero-order valence-corrected chi connectivity index (χ0v) is 31.0. The molecule has 9 rings (SSSR count). The van der Waals surface area contributed by atoms with Crippen molar-refractivity contribution in [3.05, 3.63) is 232 Å². The molecule has 0 fully saturated rings. The van der Waals surface area contributed by atoms with E-state index in [0.717, 1.165) is 48.5 Å². The Hall–Kier alpha value is -7.64. The third kappa shape index (κ3) is 6.33. The third-order valence-electron chi connectivity index (χ3n) is 10.4. The average molecular weight is 905 g/mol. The number of rotatable bonds is 4. The Morgan fingerprint density at radius 1 is 0.219 bits per heavy atom. The largest absolute Gasteiger partial charge is 0.354 e. The Morgan fingerprint density at radius 2 is 0.422 bits per heavy atom. The van der Waals surface area contributed by atoms with Crippen LogP contribution in [-0.4, -0.2) is 19.9 Å². The molecular weight excluding hydrogens is 888 g/mol. The van der Waals surface area contributed by atoms with Crippen molar-refractivity contribution in [3.8, 4) is 0 Å². The van der Waals surface area contributed by atoms with Gasteiger partial charge in [-0.1, -0.05) is 0 Å². The van der Waals surface area contributed by atoms with E-state index in [0.29, 0.717) is 0 Å². The molecule has 0 saturated heterocycles. The fourth-order valence-electron chi connectivity index (χ4n) is 7.51. The summed E-state index contributed by atoms with van der Waals surface area (Å²) in [4.78, 5) is 10.6. The van der Waals surface area contributed by atoms with E-state index in [2.05, 4.69) is 19.9 Å². The molecule has 324 valence electrons. The second-order valence-corrected chi connectivity index (χ2v) is 14.0. The molecule has 4 aromatic carbocycles. The monoisotopic (exact) mass is 904 g/mol. The number of halogens is 16. The Balaban J connectivity index is 1.51. The summed E-state index contributed by atoms with van der Waals surface area (Å²) < 4.78 is 239. The molecule has 0 atom stereocenters. The van der Waals surface area contributed by atoms with E-state index >= 15 is 17.6 Å². The number of fused-ring (bicyclic) bond motifs is 8. The zero-order valence-electron chi connectivity index (χ0n) is 31.0. The lowest BCUT2D eigenvalue weighted by atomic mass is 10.0. The lowest BCUT2D eigenvalue weighted by Crippen LogP contribution is -2.21. The van der Waals surface area contributed by atoms with Gasteiger partial charge in [0.1, 0.15) is 0 Å². The molecule has 0 amide bonds. The Kier molecular flexibility index (Phi) is 9.79. The van der Waals surface area contributed by atoms with Gasteiger partial charge in [-0.25, -0.2) is 70.2 Å². The number of hydrogen-bond donors (Lipinski definition) is 4. The molecule has 4 N–H and O–H groups in total. The highest BCUT2D eigenvalue weighted by atomic mass is 19.2. The fraction of sp³-hybridized carbons (Fsp3) is 0. The van der Waals surface area contributed by atoms with Crippen molar-refractivity contribution in [2.24, 2.45) is 0 Å². The highest BCUT2D eigenvalue weighted by molar-refractivity contribution is 5.85. The van der Waals surface area contributed by atoms with Gasteiger partial charge in [0.05, 0.1) is 0 Å². The summed E-state index contributed by atoms with van der Waals surface area (Å²) in [6, 6.07) is 9.13. The van der Waals surface area contributed by atoms with Crippen LogP contribution in [0.15, 0.2) is 72.8 Å². The third-order valence-corrected chi connectivity index (χ3v) is 10.4. The summed E-state index contributed by atoms with van der Waals surface area (Å²) in [6.07, 6.45) is 0. The molecule has 20 heteroatoms. The van der Waals surface area contributed by atoms with Crippen LogP contribution in [0.3, 0.4) is 0 Å². The van der Waals surface area contributed by atoms with Gasteiger partial charge in [0, 0.05) is 88.7 Å². The molecule has 1 aliphatic rings. The maximum Gasteiger partial charge on any atom is 0.198 e. The van der Waals surface area contributed by atoms with Crippen molar-refractivity contribution in [3.63, 3.8) is 0 Å². The summed E-state index contributed by atoms with van der Waals surface area (Å²) in [5.74, 6) is -33.9. The van der Waals surface area contributed by atoms with E-state index in [4.69, 9.17) is 0 Å². The van der Waals surface area contributed by atoms with Gasteiger partial charge in [-0.05, 0) is 72.8 Å². The number of H-pyrrole nitrogens is 4. The standard InChI is InChI=1S/C44H16F16N4/c45-17-9-13(33(49)41(57)37(17)53)29-21-1-2-22(61-21)30(14-10-18(46)38(54)42(58)34(14)50)24-5-6-26(63-24)32(16-12-20(48)40(56)44(60)36(16)52)28-8-7-27(64-28)31(25-4-3-23(29)62-25)15-11-19(47)39(55)43(59)35(15)51/h1-12,61-64H. The normalized spacial score (nSPS) is 12.9. The van der Waals surface area contributed by atoms with Gasteiger partial charge < -0.3 is 19.9 Å². The van der Waals surface area contributed by atoms with E-state index in [1.807, 2.05) is 0 Å². The number of hydrogen-bond acceptors (Lipinski definition) is 0. The van der Waals surface area contributed by atoms with E-state index in [-0.39, 0.29) is 24.3 Å². The molecule has 8 bridgehead atoms. The first-order valence-electron chi connectivity index (χ1n) is 18.0. The molecule has 4 aromatic heterocycles. The summed E-state index contributed by atoms with van der Waals surface area (Å²) in [6.45, 7) is 0. The first-order valence-corrected chi connectivity index (χ1v) is 18.0. The number of nitrogens with one attached hydrogen (secondary N) is 4. The van der Waals surface area contributed by atoms with Gasteiger partial charge in [0.25, 0.3) is 0 Å². The van der Waals surface area contributed by atoms with Crippen LogP contribution in [0.1, 0.15) is 45.0 Å². The van der Waals surface area contributed by atoms with Crippen molar-refractivity contribution < 1.29 is 70.2 Å². The van der Waals surface area contributed by atoms with Gasteiger partial charge in [-0.15, -0.1) is 0 Å². The second kappa shape index (κ2) is 15.0. The number of aromatic amines is 4. The minimum Gasteiger partial charge on any atom is -0.354 e. The van der Waals surface area contributed by atoms with Crippen LogP contribution in [0, 0.1) is 93.1 Å². The predicted molar refractivity (Wildman–Crippen MR) is 193 cm³/mol. The van der Waals surface area contributed by atoms with Crippen LogP contribution in [-0.2, 0) is 0 Å². The maximum atomic E-state index is 15.8. The minimum absolute atomic E-state index is 0.221. The highest BCUT2D eigenvalue weighted by Crippen LogP contribution is 2.34. The highest BCUT2D eigenvalue weighted by Gasteiger charge is 2.29. The van der Waals surface area contributed by atoms with Gasteiger partial charge in [0.15, 0.2) is 93.1 Å². The van der Waals surface area contributed by atoms with Gasteiger partial charge in [0.2, 0.25) is 0 Å². The SMILES string of the molecule is Fc1cc(C2=c3ccc([nH]3)=C(c3cc(F)c(F)c(F)c3F)c3ccc([nH]3)C(c3cc(F)c(F)c(F)c3F)=c3ccc([nH]3)=C(c3cc(F)c(F)c(F)c3F)c3ccc2[nH]3)c(F)c(F)c1F. The van der Waals surface area contributed by atoms with Crippen molar-refractivity contribution in [1.82, 2.24) is 19.9 Å². The fourth-order valence-corrected chi connectivity index (χ4v) is 7.51. The summed E-state index contributed by atoms with van der Waals surface area (Å²) in [5.41, 5.74) is -8.30. The quantitative estimate of drug-likeness (QED) is 0.0779. The predicted octanol–water partition coefficient (Wildman–Crippen LogP) is 8.53. The molecule has 4 nitrogen and oxygen atoms in total. The summed E-state index contributed by atoms with van der Waals surface area (Å²) in [7, 11) is 0. The van der Waals surface area contributed by atoms with Crippen LogP contribution in [0.2, 0.25) is 0 Å². The Morgan fingerprint density at radius 3 is 0.625 bits per heavy atom. The van der Waals surface area contributed by atoms with E-state index < -0.39 is 182 Å².